The van der Waals surface area contributed by atoms with Crippen LogP contribution in [0.25, 0.3) is 0 Å². The summed E-state index contributed by atoms with van der Waals surface area (Å²) in [5.74, 6) is 1.28. The Labute approximate surface area is 76.3 Å². The molecule has 0 aromatic carbocycles. The van der Waals surface area contributed by atoms with E-state index in [0.717, 1.165) is 13.2 Å². The van der Waals surface area contributed by atoms with Crippen LogP contribution in [0, 0.1) is 11.8 Å². The average molecular weight is 174 g/mol. The highest BCUT2D eigenvalue weighted by Gasteiger charge is 2.30. The van der Waals surface area contributed by atoms with E-state index in [0.29, 0.717) is 17.9 Å². The van der Waals surface area contributed by atoms with Crippen molar-refractivity contribution in [1.29, 1.82) is 0 Å². The Bertz CT molecular complexity index is 102. The van der Waals surface area contributed by atoms with Gasteiger partial charge in [-0.15, -0.1) is 0 Å². The lowest BCUT2D eigenvalue weighted by Crippen LogP contribution is -2.24. The van der Waals surface area contributed by atoms with Crippen LogP contribution in [-0.4, -0.2) is 26.4 Å². The van der Waals surface area contributed by atoms with Crippen LogP contribution in [0.4, 0.5) is 0 Å². The van der Waals surface area contributed by atoms with Crippen LogP contribution in [-0.2, 0) is 9.47 Å². The molecule has 0 spiro atoms. The minimum absolute atomic E-state index is 0.333. The van der Waals surface area contributed by atoms with Crippen molar-refractivity contribution in [1.82, 2.24) is 0 Å². The number of hydrogen-bond donors (Lipinski definition) is 0. The van der Waals surface area contributed by atoms with E-state index in [4.69, 9.17) is 9.47 Å². The fourth-order valence-electron chi connectivity index (χ4n) is 1.42. The molecule has 0 aromatic heterocycles. The zero-order valence-electron chi connectivity index (χ0n) is 8.96. The van der Waals surface area contributed by atoms with Crippen molar-refractivity contribution >= 4 is 0 Å². The van der Waals surface area contributed by atoms with Crippen LogP contribution in [0.2, 0.25) is 0 Å². The summed E-state index contributed by atoms with van der Waals surface area (Å²) in [5.41, 5.74) is 0. The van der Waals surface area contributed by atoms with E-state index in [-0.39, 0.29) is 0 Å². The highest BCUT2D eigenvalue weighted by molar-refractivity contribution is 4.77. The zero-order valence-corrected chi connectivity index (χ0v) is 8.96. The molecule has 2 heteroatoms. The zero-order chi connectivity index (χ0) is 9.56. The summed E-state index contributed by atoms with van der Waals surface area (Å²) < 4.78 is 10.6. The van der Waals surface area contributed by atoms with E-state index in [1.807, 2.05) is 13.8 Å². The Morgan fingerprint density at radius 3 is 2.17 bits per heavy atom. The van der Waals surface area contributed by atoms with E-state index in [9.17, 15) is 0 Å². The highest BCUT2D eigenvalue weighted by Crippen LogP contribution is 2.23. The van der Waals surface area contributed by atoms with Crippen molar-refractivity contribution in [2.75, 3.05) is 20.3 Å². The number of rotatable bonds is 2. The molecule has 0 bridgehead atoms. The molecule has 1 fully saturated rings. The van der Waals surface area contributed by atoms with Gasteiger partial charge in [-0.2, -0.15) is 0 Å². The van der Waals surface area contributed by atoms with Gasteiger partial charge < -0.3 is 9.47 Å². The minimum atomic E-state index is 0.333. The minimum Gasteiger partial charge on any atom is -0.379 e. The first-order chi connectivity index (χ1) is 5.75. The second-order valence-corrected chi connectivity index (χ2v) is 3.22. The maximum Gasteiger partial charge on any atom is 0.0857 e. The molecule has 0 N–H and O–H groups in total. The topological polar surface area (TPSA) is 18.5 Å². The Morgan fingerprint density at radius 1 is 1.25 bits per heavy atom. The Morgan fingerprint density at radius 2 is 1.83 bits per heavy atom. The van der Waals surface area contributed by atoms with Gasteiger partial charge in [0, 0.05) is 13.0 Å². The highest BCUT2D eigenvalue weighted by atomic mass is 16.5. The molecule has 1 aliphatic heterocycles. The maximum absolute atomic E-state index is 5.30. The van der Waals surface area contributed by atoms with Gasteiger partial charge in [0.25, 0.3) is 0 Å². The molecular weight excluding hydrogens is 152 g/mol. The normalized spacial score (nSPS) is 28.5. The Hall–Kier alpha value is -0.0800. The summed E-state index contributed by atoms with van der Waals surface area (Å²) in [6, 6.07) is 0. The number of methoxy groups -OCH3 is 1. The summed E-state index contributed by atoms with van der Waals surface area (Å²) in [4.78, 5) is 0. The first-order valence-corrected chi connectivity index (χ1v) is 4.86. The largest absolute Gasteiger partial charge is 0.379 e. The van der Waals surface area contributed by atoms with Gasteiger partial charge in [-0.1, -0.05) is 27.7 Å². The quantitative estimate of drug-likeness (QED) is 0.639. The van der Waals surface area contributed by atoms with Gasteiger partial charge in [0.05, 0.1) is 19.3 Å². The van der Waals surface area contributed by atoms with Gasteiger partial charge in [0.1, 0.15) is 0 Å². The Kier molecular flexibility index (Phi) is 6.39. The fourth-order valence-corrected chi connectivity index (χ4v) is 1.42. The predicted molar refractivity (Wildman–Crippen MR) is 51.3 cm³/mol. The van der Waals surface area contributed by atoms with Gasteiger partial charge in [-0.05, 0) is 5.92 Å². The molecule has 1 heterocycles. The molecule has 1 aliphatic rings. The van der Waals surface area contributed by atoms with Crippen LogP contribution >= 0.6 is 0 Å². The molecule has 0 amide bonds. The van der Waals surface area contributed by atoms with Crippen molar-refractivity contribution < 1.29 is 9.47 Å². The third-order valence-electron chi connectivity index (χ3n) is 2.23. The SMILES string of the molecule is CC.COC1COCC1C(C)C. The Balaban J connectivity index is 0.000000561. The van der Waals surface area contributed by atoms with E-state index in [1.54, 1.807) is 7.11 Å². The summed E-state index contributed by atoms with van der Waals surface area (Å²) in [7, 11) is 1.76. The van der Waals surface area contributed by atoms with Crippen molar-refractivity contribution in [3.8, 4) is 0 Å². The summed E-state index contributed by atoms with van der Waals surface area (Å²) in [6.07, 6.45) is 0.333. The molecule has 0 saturated carbocycles. The van der Waals surface area contributed by atoms with Crippen LogP contribution < -0.4 is 0 Å². The molecule has 0 radical (unpaired) electrons. The second-order valence-electron chi connectivity index (χ2n) is 3.22. The molecule has 0 aromatic rings. The van der Waals surface area contributed by atoms with Gasteiger partial charge in [-0.25, -0.2) is 0 Å². The molecule has 2 unspecified atom stereocenters. The molecule has 74 valence electrons. The summed E-state index contributed by atoms with van der Waals surface area (Å²) in [6.45, 7) is 10.1. The van der Waals surface area contributed by atoms with Gasteiger partial charge in [0.15, 0.2) is 0 Å². The lowest BCUT2D eigenvalue weighted by molar-refractivity contribution is 0.0567. The molecule has 2 atom stereocenters. The summed E-state index contributed by atoms with van der Waals surface area (Å²) in [5, 5.41) is 0. The summed E-state index contributed by atoms with van der Waals surface area (Å²) >= 11 is 0. The van der Waals surface area contributed by atoms with Crippen LogP contribution in [0.5, 0.6) is 0 Å². The van der Waals surface area contributed by atoms with Crippen LogP contribution in [0.15, 0.2) is 0 Å². The van der Waals surface area contributed by atoms with Gasteiger partial charge in [0.2, 0.25) is 0 Å². The smallest absolute Gasteiger partial charge is 0.0857 e. The van der Waals surface area contributed by atoms with E-state index in [2.05, 4.69) is 13.8 Å². The predicted octanol–water partition coefficient (Wildman–Crippen LogP) is 2.33. The van der Waals surface area contributed by atoms with Crippen molar-refractivity contribution in [2.45, 2.75) is 33.8 Å². The van der Waals surface area contributed by atoms with E-state index in [1.165, 1.54) is 0 Å². The van der Waals surface area contributed by atoms with E-state index >= 15 is 0 Å². The molecular formula is C10H22O2. The fraction of sp³-hybridized carbons (Fsp3) is 1.00. The van der Waals surface area contributed by atoms with Crippen LogP contribution in [0.3, 0.4) is 0 Å². The first-order valence-electron chi connectivity index (χ1n) is 4.86. The van der Waals surface area contributed by atoms with E-state index < -0.39 is 0 Å². The number of ether oxygens (including phenoxy) is 2. The molecule has 1 saturated heterocycles. The molecule has 2 nitrogen and oxygen atoms in total. The van der Waals surface area contributed by atoms with Gasteiger partial charge in [-0.3, -0.25) is 0 Å². The van der Waals surface area contributed by atoms with Gasteiger partial charge >= 0.3 is 0 Å². The second kappa shape index (κ2) is 6.44. The number of hydrogen-bond acceptors (Lipinski definition) is 2. The van der Waals surface area contributed by atoms with Crippen molar-refractivity contribution in [3.63, 3.8) is 0 Å². The standard InChI is InChI=1S/C8H16O2.C2H6/c1-6(2)7-4-10-5-8(7)9-3;1-2/h6-8H,4-5H2,1-3H3;1-2H3. The molecule has 1 rings (SSSR count). The lowest BCUT2D eigenvalue weighted by Gasteiger charge is -2.18. The lowest BCUT2D eigenvalue weighted by atomic mass is 9.93. The molecule has 0 aliphatic carbocycles. The third kappa shape index (κ3) is 3.11. The van der Waals surface area contributed by atoms with Crippen molar-refractivity contribution in [3.05, 3.63) is 0 Å². The average Bonchev–Trinajstić information content (AvgIpc) is 2.55. The van der Waals surface area contributed by atoms with Crippen molar-refractivity contribution in [2.24, 2.45) is 11.8 Å². The monoisotopic (exact) mass is 174 g/mol. The van der Waals surface area contributed by atoms with Crippen LogP contribution in [0.1, 0.15) is 27.7 Å². The maximum atomic E-state index is 5.30. The third-order valence-corrected chi connectivity index (χ3v) is 2.23. The first kappa shape index (κ1) is 11.9. The molecule has 12 heavy (non-hydrogen) atoms.